The molecular formula is C24H22ClFN2O5S. The van der Waals surface area contributed by atoms with E-state index in [9.17, 15) is 17.6 Å². The van der Waals surface area contributed by atoms with Crippen molar-refractivity contribution in [3.63, 3.8) is 0 Å². The van der Waals surface area contributed by atoms with Crippen LogP contribution in [0.2, 0.25) is 5.02 Å². The molecule has 0 saturated heterocycles. The van der Waals surface area contributed by atoms with Crippen LogP contribution in [0.3, 0.4) is 0 Å². The topological polar surface area (TPSA) is 84.9 Å². The Kier molecular flexibility index (Phi) is 6.95. The summed E-state index contributed by atoms with van der Waals surface area (Å²) < 4.78 is 52.1. The smallest absolute Gasteiger partial charge is 0.264 e. The van der Waals surface area contributed by atoms with Crippen molar-refractivity contribution < 1.29 is 27.1 Å². The second-order valence-electron chi connectivity index (χ2n) is 7.60. The van der Waals surface area contributed by atoms with E-state index >= 15 is 0 Å². The molecule has 0 spiro atoms. The van der Waals surface area contributed by atoms with Crippen molar-refractivity contribution in [3.8, 4) is 11.5 Å². The number of hydrogen-bond acceptors (Lipinski definition) is 5. The fraction of sp³-hybridized carbons (Fsp3) is 0.208. The minimum absolute atomic E-state index is 0.0385. The van der Waals surface area contributed by atoms with Crippen molar-refractivity contribution in [1.82, 2.24) is 5.32 Å². The van der Waals surface area contributed by atoms with Gasteiger partial charge < -0.3 is 14.8 Å². The second-order valence-corrected chi connectivity index (χ2v) is 9.90. The van der Waals surface area contributed by atoms with Gasteiger partial charge in [0, 0.05) is 11.6 Å². The predicted molar refractivity (Wildman–Crippen MR) is 127 cm³/mol. The number of amides is 1. The Bertz CT molecular complexity index is 1280. The molecule has 0 fully saturated rings. The van der Waals surface area contributed by atoms with Gasteiger partial charge in [-0.05, 0) is 66.6 Å². The van der Waals surface area contributed by atoms with Gasteiger partial charge in [0.15, 0.2) is 6.10 Å². The number of carbonyl (C=O) groups is 1. The molecule has 7 nitrogen and oxygen atoms in total. The van der Waals surface area contributed by atoms with E-state index in [1.54, 1.807) is 30.3 Å². The summed E-state index contributed by atoms with van der Waals surface area (Å²) >= 11 is 6.12. The molecule has 3 aromatic carbocycles. The standard InChI is InChI=1S/C24H22ClFN2O5S/c1-32-19-7-9-20(10-8-19)34(30,31)28-15-23(33-22-11-4-17(25)14-21(22)28)24(29)27-13-12-16-2-5-18(26)6-3-16/h2-11,14,23H,12-13,15H2,1H3,(H,27,29)/t23-/m1/s1. The van der Waals surface area contributed by atoms with E-state index in [0.29, 0.717) is 17.2 Å². The molecule has 1 N–H and O–H groups in total. The lowest BCUT2D eigenvalue weighted by molar-refractivity contribution is -0.127. The monoisotopic (exact) mass is 504 g/mol. The van der Waals surface area contributed by atoms with Gasteiger partial charge in [-0.1, -0.05) is 23.7 Å². The average molecular weight is 505 g/mol. The molecule has 0 aromatic heterocycles. The Hall–Kier alpha value is -3.30. The van der Waals surface area contributed by atoms with Gasteiger partial charge in [0.1, 0.15) is 17.3 Å². The number of nitrogens with one attached hydrogen (secondary N) is 1. The zero-order chi connectivity index (χ0) is 24.3. The highest BCUT2D eigenvalue weighted by Crippen LogP contribution is 2.39. The molecule has 1 amide bonds. The van der Waals surface area contributed by atoms with E-state index in [0.717, 1.165) is 9.87 Å². The number of benzene rings is 3. The lowest BCUT2D eigenvalue weighted by Crippen LogP contribution is -2.51. The van der Waals surface area contributed by atoms with Gasteiger partial charge in [0.05, 0.1) is 24.2 Å². The fourth-order valence-electron chi connectivity index (χ4n) is 3.56. The number of rotatable bonds is 7. The van der Waals surface area contributed by atoms with Crippen molar-refractivity contribution in [2.75, 3.05) is 24.5 Å². The van der Waals surface area contributed by atoms with E-state index in [1.165, 1.54) is 43.5 Å². The Morgan fingerprint density at radius 2 is 1.85 bits per heavy atom. The van der Waals surface area contributed by atoms with Gasteiger partial charge >= 0.3 is 0 Å². The quantitative estimate of drug-likeness (QED) is 0.529. The highest BCUT2D eigenvalue weighted by molar-refractivity contribution is 7.92. The molecule has 1 atom stereocenters. The lowest BCUT2D eigenvalue weighted by Gasteiger charge is -2.35. The van der Waals surface area contributed by atoms with E-state index < -0.39 is 22.0 Å². The maximum absolute atomic E-state index is 13.5. The number of anilines is 1. The summed E-state index contributed by atoms with van der Waals surface area (Å²) in [6.45, 7) is 0.0487. The third kappa shape index (κ3) is 5.10. The summed E-state index contributed by atoms with van der Waals surface area (Å²) in [5, 5.41) is 3.10. The number of nitrogens with zero attached hydrogens (tertiary/aromatic N) is 1. The fourth-order valence-corrected chi connectivity index (χ4v) is 5.19. The van der Waals surface area contributed by atoms with Crippen LogP contribution < -0.4 is 19.1 Å². The molecule has 34 heavy (non-hydrogen) atoms. The largest absolute Gasteiger partial charge is 0.497 e. The highest BCUT2D eigenvalue weighted by Gasteiger charge is 2.37. The highest BCUT2D eigenvalue weighted by atomic mass is 35.5. The Morgan fingerprint density at radius 3 is 2.53 bits per heavy atom. The zero-order valence-corrected chi connectivity index (χ0v) is 19.8. The third-order valence-electron chi connectivity index (χ3n) is 5.36. The summed E-state index contributed by atoms with van der Waals surface area (Å²) in [6, 6.07) is 16.5. The van der Waals surface area contributed by atoms with Crippen LogP contribution in [0.15, 0.2) is 71.6 Å². The maximum Gasteiger partial charge on any atom is 0.264 e. The van der Waals surface area contributed by atoms with E-state index in [-0.39, 0.29) is 35.2 Å². The molecule has 0 radical (unpaired) electrons. The van der Waals surface area contributed by atoms with Gasteiger partial charge in [-0.25, -0.2) is 12.8 Å². The molecule has 178 valence electrons. The SMILES string of the molecule is COc1ccc(S(=O)(=O)N2C[C@H](C(=O)NCCc3ccc(F)cc3)Oc3ccc(Cl)cc32)cc1. The van der Waals surface area contributed by atoms with E-state index in [2.05, 4.69) is 5.32 Å². The number of hydrogen-bond donors (Lipinski definition) is 1. The van der Waals surface area contributed by atoms with Crippen molar-refractivity contribution >= 4 is 33.2 Å². The van der Waals surface area contributed by atoms with Crippen LogP contribution in [0.1, 0.15) is 5.56 Å². The van der Waals surface area contributed by atoms with Crippen LogP contribution in [0.4, 0.5) is 10.1 Å². The number of methoxy groups -OCH3 is 1. The van der Waals surface area contributed by atoms with Gasteiger partial charge in [-0.3, -0.25) is 9.10 Å². The molecule has 0 saturated carbocycles. The molecule has 4 rings (SSSR count). The van der Waals surface area contributed by atoms with E-state index in [1.807, 2.05) is 0 Å². The summed E-state index contributed by atoms with van der Waals surface area (Å²) in [5.41, 5.74) is 1.11. The van der Waals surface area contributed by atoms with Gasteiger partial charge in [-0.2, -0.15) is 0 Å². The summed E-state index contributed by atoms with van der Waals surface area (Å²) in [7, 11) is -2.54. The van der Waals surface area contributed by atoms with Crippen molar-refractivity contribution in [3.05, 3.63) is 83.1 Å². The van der Waals surface area contributed by atoms with Crippen LogP contribution in [-0.2, 0) is 21.2 Å². The minimum Gasteiger partial charge on any atom is -0.497 e. The Labute approximate surface area is 202 Å². The van der Waals surface area contributed by atoms with Crippen LogP contribution in [0.25, 0.3) is 0 Å². The van der Waals surface area contributed by atoms with Crippen molar-refractivity contribution in [1.29, 1.82) is 0 Å². The summed E-state index contributed by atoms with van der Waals surface area (Å²) in [5.74, 6) is -0.0489. The molecule has 1 heterocycles. The predicted octanol–water partition coefficient (Wildman–Crippen LogP) is 3.80. The van der Waals surface area contributed by atoms with Crippen molar-refractivity contribution in [2.24, 2.45) is 0 Å². The summed E-state index contributed by atoms with van der Waals surface area (Å²) in [6.07, 6.45) is -0.589. The van der Waals surface area contributed by atoms with Crippen molar-refractivity contribution in [2.45, 2.75) is 17.4 Å². The molecule has 0 bridgehead atoms. The molecule has 0 unspecified atom stereocenters. The molecule has 1 aliphatic rings. The molecule has 0 aliphatic carbocycles. The van der Waals surface area contributed by atoms with Gasteiger partial charge in [0.25, 0.3) is 15.9 Å². The Balaban J connectivity index is 1.55. The number of carbonyl (C=O) groups excluding carboxylic acids is 1. The first-order chi connectivity index (χ1) is 16.3. The first-order valence-electron chi connectivity index (χ1n) is 10.4. The van der Waals surface area contributed by atoms with Crippen LogP contribution >= 0.6 is 11.6 Å². The first kappa shape index (κ1) is 23.8. The number of fused-ring (bicyclic) bond motifs is 1. The lowest BCUT2D eigenvalue weighted by atomic mass is 10.1. The number of halogens is 2. The Morgan fingerprint density at radius 1 is 1.15 bits per heavy atom. The molecule has 1 aliphatic heterocycles. The molecular weight excluding hydrogens is 483 g/mol. The van der Waals surface area contributed by atoms with E-state index in [4.69, 9.17) is 21.1 Å². The zero-order valence-electron chi connectivity index (χ0n) is 18.2. The second kappa shape index (κ2) is 9.90. The van der Waals surface area contributed by atoms with Crippen LogP contribution in [-0.4, -0.2) is 40.6 Å². The summed E-state index contributed by atoms with van der Waals surface area (Å²) in [4.78, 5) is 12.9. The number of sulfonamides is 1. The minimum atomic E-state index is -4.03. The molecule has 3 aromatic rings. The van der Waals surface area contributed by atoms with Crippen LogP contribution in [0.5, 0.6) is 11.5 Å². The maximum atomic E-state index is 13.5. The average Bonchev–Trinajstić information content (AvgIpc) is 2.84. The number of ether oxygens (including phenoxy) is 2. The third-order valence-corrected chi connectivity index (χ3v) is 7.39. The first-order valence-corrected chi connectivity index (χ1v) is 12.2. The normalized spacial score (nSPS) is 15.3. The van der Waals surface area contributed by atoms with Gasteiger partial charge in [0.2, 0.25) is 0 Å². The van der Waals surface area contributed by atoms with Gasteiger partial charge in [-0.15, -0.1) is 0 Å². The van der Waals surface area contributed by atoms with Crippen LogP contribution in [0, 0.1) is 5.82 Å². The molecule has 10 heteroatoms.